The smallest absolute Gasteiger partial charge is 0.257 e. The molecule has 0 radical (unpaired) electrons. The lowest BCUT2D eigenvalue weighted by atomic mass is 10.7. The zero-order valence-electron chi connectivity index (χ0n) is 7.99. The molecule has 2 N–H and O–H groups in total. The van der Waals surface area contributed by atoms with Crippen LogP contribution in [0.4, 0.5) is 0 Å². The Balaban J connectivity index is 2.79. The fraction of sp³-hybridized carbons (Fsp3) is 0.500. The molecule has 0 atom stereocenters. The molecule has 0 amide bonds. The highest BCUT2D eigenvalue weighted by Gasteiger charge is 2.11. The molecule has 9 heteroatoms. The van der Waals surface area contributed by atoms with Gasteiger partial charge in [0.1, 0.15) is 9.84 Å². The quantitative estimate of drug-likeness (QED) is 0.707. The van der Waals surface area contributed by atoms with E-state index in [0.29, 0.717) is 0 Å². The molecule has 1 aromatic rings. The van der Waals surface area contributed by atoms with E-state index in [2.05, 4.69) is 4.98 Å². The Morgan fingerprint density at radius 3 is 2.40 bits per heavy atom. The molecule has 0 unspecified atom stereocenters. The third kappa shape index (κ3) is 3.98. The van der Waals surface area contributed by atoms with Gasteiger partial charge >= 0.3 is 0 Å². The van der Waals surface area contributed by atoms with Crippen molar-refractivity contribution < 1.29 is 16.8 Å². The maximum Gasteiger partial charge on any atom is 0.257 e. The molecular weight excluding hydrogens is 242 g/mol. The number of imidazole rings is 1. The molecule has 0 aliphatic rings. The fourth-order valence-electron chi connectivity index (χ4n) is 0.880. The molecule has 7 nitrogen and oxygen atoms in total. The van der Waals surface area contributed by atoms with Crippen LogP contribution in [0.25, 0.3) is 0 Å². The van der Waals surface area contributed by atoms with Gasteiger partial charge in [-0.25, -0.2) is 27.0 Å². The van der Waals surface area contributed by atoms with Crippen LogP contribution in [0.2, 0.25) is 0 Å². The average molecular weight is 253 g/mol. The van der Waals surface area contributed by atoms with Gasteiger partial charge in [0.05, 0.1) is 12.1 Å². The van der Waals surface area contributed by atoms with Crippen LogP contribution in [0.15, 0.2) is 17.6 Å². The number of nitrogens with zero attached hydrogens (tertiary/aromatic N) is 2. The molecule has 0 bridgehead atoms. The number of sulfone groups is 1. The first-order valence-electron chi connectivity index (χ1n) is 3.91. The highest BCUT2D eigenvalue weighted by molar-refractivity contribution is 7.90. The third-order valence-electron chi connectivity index (χ3n) is 1.62. The van der Waals surface area contributed by atoms with E-state index in [1.54, 1.807) is 0 Å². The number of nitrogens with two attached hydrogens (primary N) is 1. The fourth-order valence-corrected chi connectivity index (χ4v) is 1.90. The lowest BCUT2D eigenvalue weighted by Crippen LogP contribution is -2.13. The maximum absolute atomic E-state index is 10.8. The van der Waals surface area contributed by atoms with Crippen molar-refractivity contribution in [2.45, 2.75) is 11.6 Å². The van der Waals surface area contributed by atoms with Crippen molar-refractivity contribution in [1.29, 1.82) is 0 Å². The van der Waals surface area contributed by atoms with E-state index in [9.17, 15) is 16.8 Å². The van der Waals surface area contributed by atoms with Crippen LogP contribution in [0.1, 0.15) is 0 Å². The first-order valence-corrected chi connectivity index (χ1v) is 7.51. The topological polar surface area (TPSA) is 112 Å². The van der Waals surface area contributed by atoms with Crippen LogP contribution in [0, 0.1) is 0 Å². The first kappa shape index (κ1) is 12.1. The summed E-state index contributed by atoms with van der Waals surface area (Å²) in [5, 5.41) is 4.56. The number of aryl methyl sites for hydroxylation is 1. The second-order valence-corrected chi connectivity index (χ2v) is 6.89. The van der Waals surface area contributed by atoms with Gasteiger partial charge in [-0.2, -0.15) is 0 Å². The van der Waals surface area contributed by atoms with Crippen LogP contribution in [0.3, 0.4) is 0 Å². The zero-order chi connectivity index (χ0) is 11.7. The Labute approximate surface area is 87.9 Å². The number of aromatic nitrogens is 2. The van der Waals surface area contributed by atoms with Gasteiger partial charge < -0.3 is 4.57 Å². The van der Waals surface area contributed by atoms with Crippen LogP contribution in [-0.2, 0) is 26.4 Å². The van der Waals surface area contributed by atoms with Gasteiger partial charge in [0.2, 0.25) is 0 Å². The Bertz CT molecular complexity index is 543. The third-order valence-corrected chi connectivity index (χ3v) is 3.34. The molecular formula is C6H11N3O4S2. The van der Waals surface area contributed by atoms with Crippen LogP contribution < -0.4 is 5.14 Å². The van der Waals surface area contributed by atoms with Gasteiger partial charge in [0.15, 0.2) is 5.03 Å². The summed E-state index contributed by atoms with van der Waals surface area (Å²) in [6.07, 6.45) is 3.52. The van der Waals surface area contributed by atoms with Gasteiger partial charge in [-0.1, -0.05) is 0 Å². The predicted octanol–water partition coefficient (Wildman–Crippen LogP) is -1.42. The molecule has 0 saturated carbocycles. The second kappa shape index (κ2) is 3.91. The van der Waals surface area contributed by atoms with Gasteiger partial charge in [0.25, 0.3) is 10.0 Å². The van der Waals surface area contributed by atoms with E-state index in [-0.39, 0.29) is 17.3 Å². The predicted molar refractivity (Wildman–Crippen MR) is 53.3 cm³/mol. The van der Waals surface area contributed by atoms with E-state index < -0.39 is 19.9 Å². The molecule has 1 aromatic heterocycles. The molecule has 0 saturated heterocycles. The highest BCUT2D eigenvalue weighted by atomic mass is 32.2. The number of sulfonamides is 1. The van der Waals surface area contributed by atoms with Gasteiger partial charge in [-0.15, -0.1) is 0 Å². The van der Waals surface area contributed by atoms with Crippen molar-refractivity contribution in [3.05, 3.63) is 12.5 Å². The number of rotatable bonds is 4. The minimum atomic E-state index is -3.82. The van der Waals surface area contributed by atoms with E-state index in [1.807, 2.05) is 0 Å². The standard InChI is InChI=1S/C6H11N3O4S2/c1-14(10,11)3-2-9-4-6(8-5-9)15(7,12)13/h4-5H,2-3H2,1H3,(H2,7,12,13). The second-order valence-electron chi connectivity index (χ2n) is 3.12. The summed E-state index contributed by atoms with van der Waals surface area (Å²) in [4.78, 5) is 3.54. The molecule has 0 aromatic carbocycles. The lowest BCUT2D eigenvalue weighted by molar-refractivity contribution is 0.594. The Morgan fingerprint density at radius 1 is 1.40 bits per heavy atom. The Hall–Kier alpha value is -0.930. The Morgan fingerprint density at radius 2 is 2.00 bits per heavy atom. The van der Waals surface area contributed by atoms with Crippen molar-refractivity contribution in [3.63, 3.8) is 0 Å². The van der Waals surface area contributed by atoms with Gasteiger partial charge in [0, 0.05) is 19.0 Å². The lowest BCUT2D eigenvalue weighted by Gasteiger charge is -1.98. The largest absolute Gasteiger partial charge is 0.335 e. The van der Waals surface area contributed by atoms with Crippen molar-refractivity contribution in [3.8, 4) is 0 Å². The maximum atomic E-state index is 10.8. The summed E-state index contributed by atoms with van der Waals surface area (Å²) < 4.78 is 44.7. The SMILES string of the molecule is CS(=O)(=O)CCn1cnc(S(N)(=O)=O)c1. The summed E-state index contributed by atoms with van der Waals surface area (Å²) in [5.74, 6) is -0.0760. The normalized spacial score (nSPS) is 12.9. The summed E-state index contributed by atoms with van der Waals surface area (Å²) >= 11 is 0. The van der Waals surface area contributed by atoms with Gasteiger partial charge in [-0.3, -0.25) is 0 Å². The summed E-state index contributed by atoms with van der Waals surface area (Å²) in [7, 11) is -6.90. The molecule has 15 heavy (non-hydrogen) atoms. The molecule has 0 aliphatic carbocycles. The summed E-state index contributed by atoms with van der Waals surface area (Å²) in [6.45, 7) is 0.154. The molecule has 1 rings (SSSR count). The van der Waals surface area contributed by atoms with Crippen LogP contribution in [0.5, 0.6) is 0 Å². The average Bonchev–Trinajstić information content (AvgIpc) is 2.45. The van der Waals surface area contributed by atoms with Crippen LogP contribution >= 0.6 is 0 Å². The minimum Gasteiger partial charge on any atom is -0.335 e. The zero-order valence-corrected chi connectivity index (χ0v) is 9.62. The molecule has 0 spiro atoms. The van der Waals surface area contributed by atoms with Crippen LogP contribution in [-0.4, -0.2) is 38.4 Å². The summed E-state index contributed by atoms with van der Waals surface area (Å²) in [5.41, 5.74) is 0. The van der Waals surface area contributed by atoms with E-state index in [1.165, 1.54) is 17.1 Å². The highest BCUT2D eigenvalue weighted by Crippen LogP contribution is 2.02. The number of hydrogen-bond donors (Lipinski definition) is 1. The molecule has 1 heterocycles. The number of primary sulfonamides is 1. The monoisotopic (exact) mass is 253 g/mol. The first-order chi connectivity index (χ1) is 6.68. The van der Waals surface area contributed by atoms with E-state index in [4.69, 9.17) is 5.14 Å². The number of hydrogen-bond acceptors (Lipinski definition) is 5. The van der Waals surface area contributed by atoms with Crippen molar-refractivity contribution >= 4 is 19.9 Å². The molecule has 0 aliphatic heterocycles. The van der Waals surface area contributed by atoms with Crippen molar-refractivity contribution in [2.24, 2.45) is 5.14 Å². The minimum absolute atomic E-state index is 0.0760. The summed E-state index contributed by atoms with van der Waals surface area (Å²) in [6, 6.07) is 0. The molecule has 0 fully saturated rings. The van der Waals surface area contributed by atoms with Crippen molar-refractivity contribution in [1.82, 2.24) is 9.55 Å². The van der Waals surface area contributed by atoms with E-state index >= 15 is 0 Å². The Kier molecular flexibility index (Phi) is 3.16. The van der Waals surface area contributed by atoms with E-state index in [0.717, 1.165) is 6.26 Å². The molecule has 86 valence electrons. The van der Waals surface area contributed by atoms with Gasteiger partial charge in [-0.05, 0) is 0 Å². The van der Waals surface area contributed by atoms with Crippen molar-refractivity contribution in [2.75, 3.05) is 12.0 Å².